The van der Waals surface area contributed by atoms with Crippen molar-refractivity contribution in [3.63, 3.8) is 0 Å². The number of hydrogen-bond acceptors (Lipinski definition) is 2. The molecule has 0 unspecified atom stereocenters. The Morgan fingerprint density at radius 2 is 2.09 bits per heavy atom. The molecule has 0 aromatic rings. The smallest absolute Gasteiger partial charge is 0.247 e. The summed E-state index contributed by atoms with van der Waals surface area (Å²) in [6, 6.07) is 0.139. The van der Waals surface area contributed by atoms with Crippen molar-refractivity contribution in [1.29, 1.82) is 0 Å². The molecule has 4 heteroatoms. The van der Waals surface area contributed by atoms with Crippen molar-refractivity contribution in [1.82, 2.24) is 10.6 Å². The molecular weight excluding hydrogens is 164 g/mol. The van der Waals surface area contributed by atoms with Crippen LogP contribution < -0.4 is 10.6 Å². The fraction of sp³-hybridized carbons (Fsp3) is 0.571. The van der Waals surface area contributed by atoms with Crippen molar-refractivity contribution in [2.24, 2.45) is 0 Å². The number of nitrogens with one attached hydrogen (secondary N) is 2. The Balaban J connectivity index is 3.86. The Bertz CT molecular complexity index is 166. The largest absolute Gasteiger partial charge is 0.379 e. The van der Waals surface area contributed by atoms with Gasteiger partial charge < -0.3 is 10.6 Å². The maximum atomic E-state index is 10.9. The van der Waals surface area contributed by atoms with Crippen LogP contribution in [0.1, 0.15) is 13.8 Å². The summed E-state index contributed by atoms with van der Waals surface area (Å²) in [4.78, 5) is 10.9. The molecule has 0 aromatic heterocycles. The molecule has 0 fully saturated rings. The van der Waals surface area contributed by atoms with Gasteiger partial charge in [0.2, 0.25) is 5.91 Å². The number of carbonyl (C=O) groups is 1. The van der Waals surface area contributed by atoms with E-state index in [9.17, 15) is 4.79 Å². The molecule has 1 amide bonds. The van der Waals surface area contributed by atoms with Crippen LogP contribution in [-0.4, -0.2) is 19.0 Å². The SMILES string of the molecule is CN/C(Cl)=C\C(=O)NC(C)C. The molecule has 0 aromatic carbocycles. The zero-order valence-electron chi connectivity index (χ0n) is 6.94. The first kappa shape index (κ1) is 10.3. The van der Waals surface area contributed by atoms with Crippen LogP contribution in [0.5, 0.6) is 0 Å². The van der Waals surface area contributed by atoms with Crippen molar-refractivity contribution in [2.75, 3.05) is 7.05 Å². The van der Waals surface area contributed by atoms with E-state index < -0.39 is 0 Å². The van der Waals surface area contributed by atoms with Crippen molar-refractivity contribution in [2.45, 2.75) is 19.9 Å². The Hall–Kier alpha value is -0.700. The van der Waals surface area contributed by atoms with Crippen LogP contribution in [-0.2, 0) is 4.79 Å². The Morgan fingerprint density at radius 3 is 2.45 bits per heavy atom. The summed E-state index contributed by atoms with van der Waals surface area (Å²) in [5, 5.41) is 5.64. The molecule has 0 saturated heterocycles. The van der Waals surface area contributed by atoms with E-state index in [0.717, 1.165) is 0 Å². The quantitative estimate of drug-likeness (QED) is 0.494. The number of rotatable bonds is 3. The number of hydrogen-bond donors (Lipinski definition) is 2. The average Bonchev–Trinajstić information content (AvgIpc) is 1.85. The second-order valence-electron chi connectivity index (χ2n) is 2.41. The first-order valence-corrected chi connectivity index (χ1v) is 3.79. The monoisotopic (exact) mass is 176 g/mol. The highest BCUT2D eigenvalue weighted by atomic mass is 35.5. The lowest BCUT2D eigenvalue weighted by Gasteiger charge is -2.04. The third-order valence-corrected chi connectivity index (χ3v) is 1.23. The fourth-order valence-electron chi connectivity index (χ4n) is 0.513. The normalized spacial score (nSPS) is 11.5. The Morgan fingerprint density at radius 1 is 1.55 bits per heavy atom. The lowest BCUT2D eigenvalue weighted by atomic mass is 10.4. The summed E-state index contributed by atoms with van der Waals surface area (Å²) in [6.07, 6.45) is 1.31. The predicted molar refractivity (Wildman–Crippen MR) is 46.3 cm³/mol. The first-order chi connectivity index (χ1) is 5.06. The molecule has 0 spiro atoms. The highest BCUT2D eigenvalue weighted by molar-refractivity contribution is 6.30. The van der Waals surface area contributed by atoms with E-state index in [1.165, 1.54) is 6.08 Å². The van der Waals surface area contributed by atoms with Gasteiger partial charge in [0.15, 0.2) is 0 Å². The molecule has 0 bridgehead atoms. The molecule has 0 radical (unpaired) electrons. The molecule has 0 aliphatic rings. The van der Waals surface area contributed by atoms with Crippen LogP contribution in [0.2, 0.25) is 0 Å². The summed E-state index contributed by atoms with van der Waals surface area (Å²) >= 11 is 5.53. The summed E-state index contributed by atoms with van der Waals surface area (Å²) in [7, 11) is 1.65. The minimum atomic E-state index is -0.181. The maximum absolute atomic E-state index is 10.9. The van der Waals surface area contributed by atoms with Crippen LogP contribution in [0.15, 0.2) is 11.2 Å². The van der Waals surface area contributed by atoms with E-state index >= 15 is 0 Å². The topological polar surface area (TPSA) is 41.1 Å². The first-order valence-electron chi connectivity index (χ1n) is 3.41. The van der Waals surface area contributed by atoms with Crippen LogP contribution in [0.3, 0.4) is 0 Å². The van der Waals surface area contributed by atoms with E-state index in [0.29, 0.717) is 5.16 Å². The summed E-state index contributed by atoms with van der Waals surface area (Å²) in [6.45, 7) is 3.78. The van der Waals surface area contributed by atoms with E-state index in [-0.39, 0.29) is 11.9 Å². The lowest BCUT2D eigenvalue weighted by molar-refractivity contribution is -0.117. The zero-order valence-corrected chi connectivity index (χ0v) is 7.70. The van der Waals surface area contributed by atoms with Crippen molar-refractivity contribution in [3.05, 3.63) is 11.2 Å². The molecule has 0 heterocycles. The highest BCUT2D eigenvalue weighted by Gasteiger charge is 1.99. The zero-order chi connectivity index (χ0) is 8.85. The van der Waals surface area contributed by atoms with Gasteiger partial charge in [-0.05, 0) is 13.8 Å². The predicted octanol–water partition coefficient (Wildman–Crippen LogP) is 0.811. The minimum Gasteiger partial charge on any atom is -0.379 e. The molecule has 0 atom stereocenters. The summed E-state index contributed by atoms with van der Waals surface area (Å²) < 4.78 is 0. The standard InChI is InChI=1S/C7H13ClN2O/c1-5(2)10-7(11)4-6(8)9-3/h4-5,9H,1-3H3,(H,10,11)/b6-4-. The van der Waals surface area contributed by atoms with Crippen molar-refractivity contribution >= 4 is 17.5 Å². The van der Waals surface area contributed by atoms with Crippen LogP contribution in [0.25, 0.3) is 0 Å². The molecule has 2 N–H and O–H groups in total. The summed E-state index contributed by atoms with van der Waals surface area (Å²) in [5.74, 6) is -0.181. The van der Waals surface area contributed by atoms with Gasteiger partial charge in [-0.15, -0.1) is 0 Å². The molecule has 11 heavy (non-hydrogen) atoms. The van der Waals surface area contributed by atoms with Crippen LogP contribution >= 0.6 is 11.6 Å². The molecule has 64 valence electrons. The van der Waals surface area contributed by atoms with Gasteiger partial charge in [0.25, 0.3) is 0 Å². The van der Waals surface area contributed by atoms with E-state index in [4.69, 9.17) is 11.6 Å². The van der Waals surface area contributed by atoms with Gasteiger partial charge in [0.05, 0.1) is 0 Å². The molecule has 0 aliphatic heterocycles. The molecule has 0 saturated carbocycles. The average molecular weight is 177 g/mol. The summed E-state index contributed by atoms with van der Waals surface area (Å²) in [5.41, 5.74) is 0. The molecule has 0 aliphatic carbocycles. The van der Waals surface area contributed by atoms with Gasteiger partial charge in [-0.3, -0.25) is 4.79 Å². The van der Waals surface area contributed by atoms with E-state index in [2.05, 4.69) is 10.6 Å². The third kappa shape index (κ3) is 5.73. The van der Waals surface area contributed by atoms with Crippen molar-refractivity contribution < 1.29 is 4.79 Å². The minimum absolute atomic E-state index is 0.139. The number of amides is 1. The van der Waals surface area contributed by atoms with Crippen LogP contribution in [0.4, 0.5) is 0 Å². The van der Waals surface area contributed by atoms with Gasteiger partial charge in [-0.2, -0.15) is 0 Å². The van der Waals surface area contributed by atoms with Gasteiger partial charge in [-0.1, -0.05) is 11.6 Å². The molecule has 0 rings (SSSR count). The second kappa shape index (κ2) is 5.02. The lowest BCUT2D eigenvalue weighted by Crippen LogP contribution is -2.29. The van der Waals surface area contributed by atoms with E-state index in [1.54, 1.807) is 7.05 Å². The number of carbonyl (C=O) groups excluding carboxylic acids is 1. The maximum Gasteiger partial charge on any atom is 0.247 e. The van der Waals surface area contributed by atoms with E-state index in [1.807, 2.05) is 13.8 Å². The number of halogens is 1. The van der Waals surface area contributed by atoms with Crippen molar-refractivity contribution in [3.8, 4) is 0 Å². The molecule has 3 nitrogen and oxygen atoms in total. The van der Waals surface area contributed by atoms with Gasteiger partial charge in [-0.25, -0.2) is 0 Å². The highest BCUT2D eigenvalue weighted by Crippen LogP contribution is 1.93. The second-order valence-corrected chi connectivity index (χ2v) is 2.81. The van der Waals surface area contributed by atoms with Crippen LogP contribution in [0, 0.1) is 0 Å². The van der Waals surface area contributed by atoms with Gasteiger partial charge in [0, 0.05) is 19.2 Å². The Kier molecular flexibility index (Phi) is 4.70. The van der Waals surface area contributed by atoms with Gasteiger partial charge >= 0.3 is 0 Å². The van der Waals surface area contributed by atoms with Gasteiger partial charge in [0.1, 0.15) is 5.16 Å². The fourth-order valence-corrected chi connectivity index (χ4v) is 0.613. The third-order valence-electron chi connectivity index (χ3n) is 0.928. The molecular formula is C7H13ClN2O. The Labute approximate surface area is 71.8 Å².